The quantitative estimate of drug-likeness (QED) is 0.0262. The molecule has 68 heavy (non-hydrogen) atoms. The van der Waals surface area contributed by atoms with Gasteiger partial charge in [-0.2, -0.15) is 0 Å². The fourth-order valence-electron chi connectivity index (χ4n) is 7.62. The highest BCUT2D eigenvalue weighted by Crippen LogP contribution is 2.38. The van der Waals surface area contributed by atoms with E-state index in [-0.39, 0.29) is 11.9 Å². The fourth-order valence-corrected chi connectivity index (χ4v) is 7.62. The number of para-hydroxylation sites is 2. The monoisotopic (exact) mass is 908 g/mol. The lowest BCUT2D eigenvalue weighted by atomic mass is 10.0. The Bertz CT molecular complexity index is 2280. The van der Waals surface area contributed by atoms with Crippen LogP contribution in [-0.4, -0.2) is 37.4 Å². The van der Waals surface area contributed by atoms with E-state index in [2.05, 4.69) is 182 Å². The van der Waals surface area contributed by atoms with Crippen molar-refractivity contribution in [2.75, 3.05) is 23.0 Å². The van der Waals surface area contributed by atoms with E-state index in [9.17, 15) is 9.59 Å². The molecule has 0 fully saturated rings. The normalized spacial score (nSPS) is 10.9. The molecule has 0 bridgehead atoms. The zero-order valence-electron chi connectivity index (χ0n) is 39.1. The molecule has 0 saturated carbocycles. The number of benzene rings is 6. The number of hydrogen-bond acceptors (Lipinski definition) is 8. The van der Waals surface area contributed by atoms with Gasteiger partial charge >= 0.3 is 11.9 Å². The molecule has 0 spiro atoms. The van der Waals surface area contributed by atoms with Gasteiger partial charge in [-0.15, -0.1) is 0 Å². The topological polar surface area (TPSA) is 77.5 Å². The lowest BCUT2D eigenvalue weighted by Crippen LogP contribution is -2.13. The number of ether oxygens (including phenoxy) is 4. The molecule has 8 heteroatoms. The smallest absolute Gasteiger partial charge is 0.306 e. The van der Waals surface area contributed by atoms with Crippen molar-refractivity contribution in [2.24, 2.45) is 0 Å². The van der Waals surface area contributed by atoms with Crippen molar-refractivity contribution in [2.45, 2.75) is 76.8 Å². The molecule has 6 aromatic carbocycles. The van der Waals surface area contributed by atoms with Crippen molar-refractivity contribution in [3.63, 3.8) is 0 Å². The molecule has 8 nitrogen and oxygen atoms in total. The summed E-state index contributed by atoms with van der Waals surface area (Å²) in [4.78, 5) is 28.5. The highest BCUT2D eigenvalue weighted by Gasteiger charge is 2.16. The second-order valence-electron chi connectivity index (χ2n) is 16.3. The van der Waals surface area contributed by atoms with E-state index in [0.29, 0.717) is 39.3 Å². The number of esters is 2. The van der Waals surface area contributed by atoms with Crippen molar-refractivity contribution in [1.29, 1.82) is 0 Å². The zero-order valence-corrected chi connectivity index (χ0v) is 39.1. The Morgan fingerprint density at radius 2 is 0.706 bits per heavy atom. The third-order valence-electron chi connectivity index (χ3n) is 11.3. The van der Waals surface area contributed by atoms with Crippen LogP contribution < -0.4 is 9.80 Å². The molecule has 0 heterocycles. The number of unbranched alkanes of at least 4 members (excludes halogenated alkanes) is 4. The van der Waals surface area contributed by atoms with Crippen molar-refractivity contribution in [3.05, 3.63) is 219 Å². The first-order chi connectivity index (χ1) is 33.4. The predicted octanol–water partition coefficient (Wildman–Crippen LogP) is 15.0. The maximum absolute atomic E-state index is 12.0. The SMILES string of the molecule is C=CC(C=C)OC(=O)CCCCCOCc1ccc(N(c2ccccc2)c2ccc(-c3ccc(N(c4ccccc4)c4ccc(COCCCCCC(=O)OC(C=C)C=C)cc4)cc3)cc2)cc1. The van der Waals surface area contributed by atoms with E-state index in [1.807, 2.05) is 12.1 Å². The van der Waals surface area contributed by atoms with Gasteiger partial charge in [0.1, 0.15) is 12.2 Å². The Morgan fingerprint density at radius 1 is 0.397 bits per heavy atom. The summed E-state index contributed by atoms with van der Waals surface area (Å²) in [7, 11) is 0. The largest absolute Gasteiger partial charge is 0.454 e. The molecule has 0 amide bonds. The van der Waals surface area contributed by atoms with E-state index in [0.717, 1.165) is 94.9 Å². The van der Waals surface area contributed by atoms with Crippen molar-refractivity contribution in [3.8, 4) is 11.1 Å². The Balaban J connectivity index is 1.03. The average molecular weight is 909 g/mol. The van der Waals surface area contributed by atoms with Gasteiger partial charge in [-0.25, -0.2) is 0 Å². The summed E-state index contributed by atoms with van der Waals surface area (Å²) in [6, 6.07) is 55.3. The Hall–Kier alpha value is -7.26. The summed E-state index contributed by atoms with van der Waals surface area (Å²) in [5.74, 6) is -0.468. The molecule has 0 aromatic heterocycles. The first-order valence-electron chi connectivity index (χ1n) is 23.5. The Kier molecular flexibility index (Phi) is 20.2. The van der Waals surface area contributed by atoms with Gasteiger partial charge in [0.2, 0.25) is 0 Å². The molecule has 0 aliphatic carbocycles. The molecule has 0 aliphatic rings. The number of anilines is 6. The minimum atomic E-state index is -0.437. The van der Waals surface area contributed by atoms with E-state index < -0.39 is 12.2 Å². The van der Waals surface area contributed by atoms with Crippen LogP contribution in [0.2, 0.25) is 0 Å². The van der Waals surface area contributed by atoms with Crippen LogP contribution in [0.3, 0.4) is 0 Å². The molecular formula is C60H64N2O6. The van der Waals surface area contributed by atoms with Crippen molar-refractivity contribution < 1.29 is 28.5 Å². The van der Waals surface area contributed by atoms with Crippen LogP contribution in [0.15, 0.2) is 208 Å². The highest BCUT2D eigenvalue weighted by atomic mass is 16.5. The maximum Gasteiger partial charge on any atom is 0.306 e. The molecule has 0 N–H and O–H groups in total. The third kappa shape index (κ3) is 15.4. The van der Waals surface area contributed by atoms with Crippen LogP contribution in [0.25, 0.3) is 11.1 Å². The average Bonchev–Trinajstić information content (AvgIpc) is 3.38. The molecule has 0 aliphatic heterocycles. The number of nitrogens with zero attached hydrogens (tertiary/aromatic N) is 2. The summed E-state index contributed by atoms with van der Waals surface area (Å²) >= 11 is 0. The van der Waals surface area contributed by atoms with Crippen LogP contribution in [-0.2, 0) is 41.8 Å². The van der Waals surface area contributed by atoms with Gasteiger partial charge in [-0.1, -0.05) is 124 Å². The van der Waals surface area contributed by atoms with Crippen molar-refractivity contribution in [1.82, 2.24) is 0 Å². The molecule has 0 radical (unpaired) electrons. The maximum atomic E-state index is 12.0. The van der Waals surface area contributed by atoms with Gasteiger partial charge < -0.3 is 28.7 Å². The predicted molar refractivity (Wildman–Crippen MR) is 278 cm³/mol. The minimum Gasteiger partial charge on any atom is -0.454 e. The van der Waals surface area contributed by atoms with Crippen LogP contribution >= 0.6 is 0 Å². The van der Waals surface area contributed by atoms with E-state index >= 15 is 0 Å². The van der Waals surface area contributed by atoms with Crippen LogP contribution in [0.4, 0.5) is 34.1 Å². The second-order valence-corrected chi connectivity index (χ2v) is 16.3. The van der Waals surface area contributed by atoms with Crippen LogP contribution in [0.5, 0.6) is 0 Å². The summed E-state index contributed by atoms with van der Waals surface area (Å²) in [6.45, 7) is 16.9. The van der Waals surface area contributed by atoms with E-state index in [4.69, 9.17) is 18.9 Å². The van der Waals surface area contributed by atoms with Gasteiger partial charge in [0.15, 0.2) is 0 Å². The fraction of sp³-hybridized carbons (Fsp3) is 0.233. The van der Waals surface area contributed by atoms with E-state index in [1.165, 1.54) is 0 Å². The lowest BCUT2D eigenvalue weighted by molar-refractivity contribution is -0.146. The summed E-state index contributed by atoms with van der Waals surface area (Å²) in [5.41, 5.74) is 10.8. The molecule has 0 atom stereocenters. The first kappa shape index (κ1) is 50.2. The molecule has 0 unspecified atom stereocenters. The van der Waals surface area contributed by atoms with Crippen LogP contribution in [0, 0.1) is 0 Å². The standard InChI is InChI=1S/C60H64N2O6/c1-5-57(6-2)67-59(63)25-17-11-19-43-65-45-47-27-35-53(36-28-47)61(51-21-13-9-14-22-51)55-39-31-49(32-40-55)50-33-41-56(42-34-50)62(52-23-15-10-16-24-52)54-37-29-48(30-38-54)46-66-44-20-12-18-26-60(64)68-58(7-3)8-4/h5-10,13-16,21-24,27-42,57-58H,1-4,11-12,17-20,25-26,43-46H2. The van der Waals surface area contributed by atoms with E-state index in [1.54, 1.807) is 24.3 Å². The molecule has 350 valence electrons. The summed E-state index contributed by atoms with van der Waals surface area (Å²) in [5, 5.41) is 0. The molecular weight excluding hydrogens is 845 g/mol. The van der Waals surface area contributed by atoms with Crippen molar-refractivity contribution >= 4 is 46.1 Å². The highest BCUT2D eigenvalue weighted by molar-refractivity contribution is 5.81. The lowest BCUT2D eigenvalue weighted by Gasteiger charge is -2.26. The van der Waals surface area contributed by atoms with Gasteiger partial charge in [0, 0.05) is 60.2 Å². The summed E-state index contributed by atoms with van der Waals surface area (Å²) < 4.78 is 22.5. The Labute approximate surface area is 403 Å². The molecule has 0 saturated heterocycles. The number of carbonyl (C=O) groups is 2. The zero-order chi connectivity index (χ0) is 47.8. The Morgan fingerprint density at radius 3 is 1.03 bits per heavy atom. The number of rotatable bonds is 29. The van der Waals surface area contributed by atoms with Gasteiger partial charge in [0.25, 0.3) is 0 Å². The second kappa shape index (κ2) is 27.4. The summed E-state index contributed by atoms with van der Waals surface area (Å²) in [6.07, 6.45) is 11.2. The molecule has 6 aromatic rings. The van der Waals surface area contributed by atoms with Crippen LogP contribution in [0.1, 0.15) is 62.5 Å². The van der Waals surface area contributed by atoms with Gasteiger partial charge in [0.05, 0.1) is 13.2 Å². The van der Waals surface area contributed by atoms with Gasteiger partial charge in [-0.3, -0.25) is 9.59 Å². The number of carbonyl (C=O) groups excluding carboxylic acids is 2. The minimum absolute atomic E-state index is 0.234. The number of hydrogen-bond donors (Lipinski definition) is 0. The molecule has 6 rings (SSSR count). The third-order valence-corrected chi connectivity index (χ3v) is 11.3. The van der Waals surface area contributed by atoms with Gasteiger partial charge in [-0.05, 0) is 145 Å². The first-order valence-corrected chi connectivity index (χ1v) is 23.5.